The fraction of sp³-hybridized carbons (Fsp3) is 0.417. The van der Waals surface area contributed by atoms with Gasteiger partial charge in [-0.15, -0.1) is 0 Å². The zero-order valence-corrected chi connectivity index (χ0v) is 10.1. The number of imidazole rings is 1. The zero-order valence-electron chi connectivity index (χ0n) is 9.28. The quantitative estimate of drug-likeness (QED) is 0.790. The molecule has 3 nitrogen and oxygen atoms in total. The van der Waals surface area contributed by atoms with Gasteiger partial charge in [-0.3, -0.25) is 0 Å². The second kappa shape index (κ2) is 4.23. The number of fused-ring (bicyclic) bond motifs is 1. The van der Waals surface area contributed by atoms with E-state index in [1.807, 2.05) is 10.6 Å². The van der Waals surface area contributed by atoms with Gasteiger partial charge in [-0.25, -0.2) is 4.39 Å². The first-order chi connectivity index (χ1) is 8.27. The summed E-state index contributed by atoms with van der Waals surface area (Å²) in [6.45, 7) is 1.49. The van der Waals surface area contributed by atoms with E-state index in [1.165, 1.54) is 6.07 Å². The Morgan fingerprint density at radius 3 is 2.88 bits per heavy atom. The maximum atomic E-state index is 13.6. The summed E-state index contributed by atoms with van der Waals surface area (Å²) >= 11 is 5.29. The smallest absolute Gasteiger partial charge is 0.178 e. The van der Waals surface area contributed by atoms with Crippen LogP contribution in [0.1, 0.15) is 18.9 Å². The van der Waals surface area contributed by atoms with Crippen molar-refractivity contribution in [2.75, 3.05) is 13.2 Å². The van der Waals surface area contributed by atoms with Crippen LogP contribution in [0.2, 0.25) is 0 Å². The lowest BCUT2D eigenvalue weighted by Crippen LogP contribution is -2.19. The average molecular weight is 252 g/mol. The summed E-state index contributed by atoms with van der Waals surface area (Å²) in [5, 5.41) is 0. The third-order valence-electron chi connectivity index (χ3n) is 3.26. The van der Waals surface area contributed by atoms with Crippen LogP contribution in [-0.2, 0) is 4.74 Å². The van der Waals surface area contributed by atoms with Gasteiger partial charge in [-0.1, -0.05) is 6.07 Å². The van der Waals surface area contributed by atoms with Gasteiger partial charge < -0.3 is 14.3 Å². The van der Waals surface area contributed by atoms with Crippen molar-refractivity contribution in [2.45, 2.75) is 18.9 Å². The highest BCUT2D eigenvalue weighted by Crippen LogP contribution is 2.27. The summed E-state index contributed by atoms with van der Waals surface area (Å²) in [5.41, 5.74) is 1.35. The molecule has 1 N–H and O–H groups in total. The van der Waals surface area contributed by atoms with Gasteiger partial charge in [0, 0.05) is 19.3 Å². The van der Waals surface area contributed by atoms with Crippen LogP contribution in [0.25, 0.3) is 11.0 Å². The van der Waals surface area contributed by atoms with Gasteiger partial charge in [0.05, 0.1) is 5.52 Å². The molecule has 0 saturated carbocycles. The van der Waals surface area contributed by atoms with E-state index in [1.54, 1.807) is 6.07 Å². The van der Waals surface area contributed by atoms with E-state index in [4.69, 9.17) is 17.0 Å². The molecule has 1 aliphatic rings. The van der Waals surface area contributed by atoms with Crippen LogP contribution >= 0.6 is 12.2 Å². The standard InChI is InChI=1S/C12H13FN2OS/c13-9-2-1-3-10-11(9)14-12(17)15(10)8-4-6-16-7-5-8/h1-3,8H,4-7H2,(H,14,17). The molecule has 0 aliphatic carbocycles. The number of halogens is 1. The minimum atomic E-state index is -0.251. The summed E-state index contributed by atoms with van der Waals surface area (Å²) < 4.78 is 21.6. The summed E-state index contributed by atoms with van der Waals surface area (Å²) in [7, 11) is 0. The maximum Gasteiger partial charge on any atom is 0.178 e. The van der Waals surface area contributed by atoms with Crippen LogP contribution in [0.3, 0.4) is 0 Å². The van der Waals surface area contributed by atoms with Gasteiger partial charge in [0.2, 0.25) is 0 Å². The van der Waals surface area contributed by atoms with Crippen LogP contribution < -0.4 is 0 Å². The SMILES string of the molecule is Fc1cccc2c1[nH]c(=S)n2C1CCOCC1. The van der Waals surface area contributed by atoms with Crippen molar-refractivity contribution in [3.8, 4) is 0 Å². The van der Waals surface area contributed by atoms with Crippen molar-refractivity contribution in [3.63, 3.8) is 0 Å². The van der Waals surface area contributed by atoms with Gasteiger partial charge in [-0.2, -0.15) is 0 Å². The van der Waals surface area contributed by atoms with Crippen LogP contribution in [0.4, 0.5) is 4.39 Å². The summed E-state index contributed by atoms with van der Waals surface area (Å²) in [6.07, 6.45) is 1.86. The molecule has 0 radical (unpaired) electrons. The van der Waals surface area contributed by atoms with E-state index in [9.17, 15) is 4.39 Å². The number of para-hydroxylation sites is 1. The molecule has 2 aromatic rings. The molecule has 1 aromatic heterocycles. The highest BCUT2D eigenvalue weighted by atomic mass is 32.1. The number of benzene rings is 1. The summed E-state index contributed by atoms with van der Waals surface area (Å²) in [4.78, 5) is 2.95. The number of aromatic amines is 1. The minimum Gasteiger partial charge on any atom is -0.381 e. The van der Waals surface area contributed by atoms with Gasteiger partial charge in [0.25, 0.3) is 0 Å². The molecular formula is C12H13FN2OS. The molecule has 17 heavy (non-hydrogen) atoms. The zero-order chi connectivity index (χ0) is 11.8. The van der Waals surface area contributed by atoms with E-state index in [-0.39, 0.29) is 5.82 Å². The predicted molar refractivity (Wildman–Crippen MR) is 66.2 cm³/mol. The van der Waals surface area contributed by atoms with Crippen molar-refractivity contribution < 1.29 is 9.13 Å². The lowest BCUT2D eigenvalue weighted by atomic mass is 10.1. The molecule has 0 bridgehead atoms. The number of aromatic nitrogens is 2. The first-order valence-electron chi connectivity index (χ1n) is 5.74. The number of rotatable bonds is 1. The van der Waals surface area contributed by atoms with Crippen molar-refractivity contribution in [3.05, 3.63) is 28.8 Å². The molecule has 0 spiro atoms. The molecule has 1 aromatic carbocycles. The number of hydrogen-bond donors (Lipinski definition) is 1. The molecule has 5 heteroatoms. The average Bonchev–Trinajstić information content (AvgIpc) is 2.68. The highest BCUT2D eigenvalue weighted by molar-refractivity contribution is 7.71. The van der Waals surface area contributed by atoms with E-state index in [0.29, 0.717) is 16.3 Å². The Morgan fingerprint density at radius 2 is 2.12 bits per heavy atom. The van der Waals surface area contributed by atoms with E-state index < -0.39 is 0 Å². The van der Waals surface area contributed by atoms with Crippen molar-refractivity contribution in [2.24, 2.45) is 0 Å². The second-order valence-electron chi connectivity index (χ2n) is 4.28. The first kappa shape index (κ1) is 10.9. The Bertz CT molecular complexity index is 598. The van der Waals surface area contributed by atoms with Gasteiger partial charge in [-0.05, 0) is 37.2 Å². The van der Waals surface area contributed by atoms with Gasteiger partial charge in [0.15, 0.2) is 4.77 Å². The number of nitrogens with zero attached hydrogens (tertiary/aromatic N) is 1. The largest absolute Gasteiger partial charge is 0.381 e. The molecule has 3 rings (SSSR count). The fourth-order valence-electron chi connectivity index (χ4n) is 2.42. The third-order valence-corrected chi connectivity index (χ3v) is 3.56. The topological polar surface area (TPSA) is 29.9 Å². The van der Waals surface area contributed by atoms with Gasteiger partial charge >= 0.3 is 0 Å². The highest BCUT2D eigenvalue weighted by Gasteiger charge is 2.19. The Balaban J connectivity index is 2.18. The lowest BCUT2D eigenvalue weighted by molar-refractivity contribution is 0.0702. The third kappa shape index (κ3) is 1.79. The van der Waals surface area contributed by atoms with Gasteiger partial charge in [0.1, 0.15) is 11.3 Å². The summed E-state index contributed by atoms with van der Waals surface area (Å²) in [6, 6.07) is 5.38. The number of nitrogens with one attached hydrogen (secondary N) is 1. The van der Waals surface area contributed by atoms with E-state index in [0.717, 1.165) is 31.6 Å². The van der Waals surface area contributed by atoms with E-state index >= 15 is 0 Å². The Labute approximate surface area is 103 Å². The Kier molecular flexibility index (Phi) is 2.72. The van der Waals surface area contributed by atoms with E-state index in [2.05, 4.69) is 4.98 Å². The monoisotopic (exact) mass is 252 g/mol. The molecule has 1 fully saturated rings. The normalized spacial score (nSPS) is 17.7. The Hall–Kier alpha value is -1.20. The number of hydrogen-bond acceptors (Lipinski definition) is 2. The first-order valence-corrected chi connectivity index (χ1v) is 6.14. The molecule has 0 amide bonds. The van der Waals surface area contributed by atoms with Crippen molar-refractivity contribution >= 4 is 23.3 Å². The molecular weight excluding hydrogens is 239 g/mol. The lowest BCUT2D eigenvalue weighted by Gasteiger charge is -2.23. The molecule has 1 aliphatic heterocycles. The summed E-state index contributed by atoms with van der Waals surface area (Å²) in [5.74, 6) is -0.251. The molecule has 0 atom stereocenters. The van der Waals surface area contributed by atoms with Crippen molar-refractivity contribution in [1.29, 1.82) is 0 Å². The Morgan fingerprint density at radius 1 is 1.35 bits per heavy atom. The van der Waals surface area contributed by atoms with Crippen molar-refractivity contribution in [1.82, 2.24) is 9.55 Å². The second-order valence-corrected chi connectivity index (χ2v) is 4.66. The van der Waals surface area contributed by atoms with Crippen LogP contribution in [-0.4, -0.2) is 22.8 Å². The van der Waals surface area contributed by atoms with Crippen LogP contribution in [0.15, 0.2) is 18.2 Å². The molecule has 90 valence electrons. The minimum absolute atomic E-state index is 0.251. The van der Waals surface area contributed by atoms with Crippen LogP contribution in [0, 0.1) is 10.6 Å². The predicted octanol–water partition coefficient (Wildman–Crippen LogP) is 3.19. The fourth-order valence-corrected chi connectivity index (χ4v) is 2.77. The number of H-pyrrole nitrogens is 1. The maximum absolute atomic E-state index is 13.6. The molecule has 2 heterocycles. The number of ether oxygens (including phenoxy) is 1. The molecule has 1 saturated heterocycles. The molecule has 0 unspecified atom stereocenters. The van der Waals surface area contributed by atoms with Crippen LogP contribution in [0.5, 0.6) is 0 Å².